The summed E-state index contributed by atoms with van der Waals surface area (Å²) in [6.45, 7) is 13.4. The zero-order valence-corrected chi connectivity index (χ0v) is 41.1. The van der Waals surface area contributed by atoms with Crippen molar-refractivity contribution in [3.8, 4) is 0 Å². The first-order valence-electron chi connectivity index (χ1n) is 20.4. The molecule has 9 heteroatoms. The molecule has 49 heavy (non-hydrogen) atoms. The minimum atomic E-state index is -1.36. The molecule has 0 N–H and O–H groups in total. The molecule has 4 nitrogen and oxygen atoms in total. The Kier molecular flexibility index (Phi) is 40.5. The van der Waals surface area contributed by atoms with E-state index < -0.39 is 40.3 Å². The van der Waals surface area contributed by atoms with Gasteiger partial charge < -0.3 is 19.8 Å². The van der Waals surface area contributed by atoms with E-state index in [1.165, 1.54) is 116 Å². The third-order valence-electron chi connectivity index (χ3n) is 9.49. The number of hydrogen-bond donors (Lipinski definition) is 2. The van der Waals surface area contributed by atoms with Gasteiger partial charge in [0, 0.05) is 10.5 Å². The number of hydrogen-bond acceptors (Lipinski definition) is 7. The van der Waals surface area contributed by atoms with Gasteiger partial charge in [0.25, 0.3) is 0 Å². The summed E-state index contributed by atoms with van der Waals surface area (Å²) in [4.78, 5) is 20.6. The molecule has 0 saturated heterocycles. The van der Waals surface area contributed by atoms with Crippen molar-refractivity contribution in [3.63, 3.8) is 0 Å². The number of carboxylic acid groups (broad SMARTS) is 2. The van der Waals surface area contributed by atoms with Gasteiger partial charge in [-0.15, -0.1) is 0 Å². The summed E-state index contributed by atoms with van der Waals surface area (Å²) < 4.78 is 5.45. The molecule has 2 saturated carbocycles. The zero-order valence-electron chi connectivity index (χ0n) is 32.8. The summed E-state index contributed by atoms with van der Waals surface area (Å²) in [5.74, 6) is -0.611. The van der Waals surface area contributed by atoms with E-state index >= 15 is 0 Å². The third kappa shape index (κ3) is 36.2. The Hall–Kier alpha value is 1.46. The third-order valence-corrected chi connectivity index (χ3v) is 26.8. The topological polar surface area (TPSA) is 80.3 Å². The molecule has 2 aliphatic rings. The van der Waals surface area contributed by atoms with Crippen molar-refractivity contribution in [1.29, 1.82) is 0 Å². The predicted molar refractivity (Wildman–Crippen MR) is 224 cm³/mol. The average molecular weight is 957 g/mol. The van der Waals surface area contributed by atoms with E-state index in [4.69, 9.17) is 9.29 Å². The predicted octanol–water partition coefficient (Wildman–Crippen LogP) is 11.3. The quantitative estimate of drug-likeness (QED) is 0.0642. The fourth-order valence-corrected chi connectivity index (χ4v) is 21.4. The van der Waals surface area contributed by atoms with Gasteiger partial charge >= 0.3 is 169 Å². The van der Waals surface area contributed by atoms with Crippen molar-refractivity contribution in [2.45, 2.75) is 223 Å². The molecule has 0 spiro atoms. The molecule has 288 valence electrons. The Morgan fingerprint density at radius 1 is 0.612 bits per heavy atom. The summed E-state index contributed by atoms with van der Waals surface area (Å²) in [5.41, 5.74) is 0. The van der Waals surface area contributed by atoms with Gasteiger partial charge in [-0.25, -0.2) is 0 Å². The monoisotopic (exact) mass is 958 g/mol. The minimum absolute atomic E-state index is 0.149. The molecule has 0 aromatic rings. The molecule has 0 aromatic heterocycles. The standard InChI is InChI=1S/2C10H20O2S.2C6H11.2C4H9.S.2Sn/c2*1-8(2)6-4-3-5-7-9(13)10(11)12;2*1-2-4-6-5-3-1;2*1-3-4-2;;;/h2*8-9,13H,3-7H2,1-2H3,(H,11,12);2*1H,2-6H2;2*1,3-4H2,2H3;;;/q;;;;;;;;+2/p-2. The maximum absolute atomic E-state index is 10.3. The number of rotatable bonds is 22. The number of aliphatic carboxylic acids is 2. The van der Waals surface area contributed by atoms with E-state index in [1.807, 2.05) is 0 Å². The van der Waals surface area contributed by atoms with E-state index in [2.05, 4.69) is 66.8 Å². The molecule has 0 radical (unpaired) electrons. The van der Waals surface area contributed by atoms with E-state index in [-0.39, 0.29) is 21.1 Å². The van der Waals surface area contributed by atoms with Gasteiger partial charge in [-0.2, -0.15) is 25.3 Å². The Morgan fingerprint density at radius 3 is 1.22 bits per heavy atom. The molecule has 2 rings (SSSR count). The Morgan fingerprint density at radius 2 is 0.939 bits per heavy atom. The number of thiol groups is 2. The van der Waals surface area contributed by atoms with Crippen LogP contribution in [0, 0.1) is 11.8 Å². The Bertz CT molecular complexity index is 713. The van der Waals surface area contributed by atoms with Crippen LogP contribution >= 0.6 is 34.5 Å². The van der Waals surface area contributed by atoms with Crippen molar-refractivity contribution in [2.75, 3.05) is 0 Å². The summed E-state index contributed by atoms with van der Waals surface area (Å²) in [6, 6.07) is 0. The molecule has 2 fully saturated rings. The molecule has 0 aliphatic heterocycles. The van der Waals surface area contributed by atoms with Gasteiger partial charge in [-0.1, -0.05) is 79.1 Å². The van der Waals surface area contributed by atoms with Crippen LogP contribution in [0.2, 0.25) is 16.7 Å². The first-order valence-corrected chi connectivity index (χ1v) is 32.7. The van der Waals surface area contributed by atoms with Gasteiger partial charge in [-0.05, 0) is 24.7 Å². The van der Waals surface area contributed by atoms with Crippen LogP contribution in [0.3, 0.4) is 0 Å². The van der Waals surface area contributed by atoms with E-state index in [0.29, 0.717) is 12.8 Å². The molecule has 0 aromatic carbocycles. The van der Waals surface area contributed by atoms with Crippen LogP contribution in [-0.2, 0) is 9.59 Å². The summed E-state index contributed by atoms with van der Waals surface area (Å²) in [6.07, 6.45) is 31.1. The summed E-state index contributed by atoms with van der Waals surface area (Å²) in [5, 5.41) is 19.4. The van der Waals surface area contributed by atoms with Crippen LogP contribution in [0.15, 0.2) is 0 Å². The van der Waals surface area contributed by atoms with Gasteiger partial charge in [-0.3, -0.25) is 0 Å². The van der Waals surface area contributed by atoms with Crippen molar-refractivity contribution in [3.05, 3.63) is 0 Å². The van der Waals surface area contributed by atoms with Gasteiger partial charge in [0.2, 0.25) is 0 Å². The normalized spacial score (nSPS) is 16.2. The second-order valence-electron chi connectivity index (χ2n) is 15.3. The number of carbonyl (C=O) groups is 2. The number of carbonyl (C=O) groups excluding carboxylic acids is 2. The molecule has 2 atom stereocenters. The summed E-state index contributed by atoms with van der Waals surface area (Å²) >= 11 is 6.60. The molecular weight excluding hydrogens is 878 g/mol. The SMILES string of the molecule is CC(C)CCCCCC(S)C(=O)[O-].CC(C)CCCCCC(S)C(=O)[O-].CCC[CH2][Sn+2][CH2]CCC.[S]=[Sn]([CH]1CCCCC1)[CH]1CCCCC1. The van der Waals surface area contributed by atoms with Crippen molar-refractivity contribution in [2.24, 2.45) is 11.8 Å². The van der Waals surface area contributed by atoms with E-state index in [9.17, 15) is 19.8 Å². The molecule has 2 unspecified atom stereocenters. The van der Waals surface area contributed by atoms with Crippen molar-refractivity contribution >= 4 is 85.4 Å². The average Bonchev–Trinajstić information content (AvgIpc) is 3.08. The van der Waals surface area contributed by atoms with Crippen LogP contribution in [0.5, 0.6) is 0 Å². The van der Waals surface area contributed by atoms with Gasteiger partial charge in [0.15, 0.2) is 0 Å². The van der Waals surface area contributed by atoms with Gasteiger partial charge in [0.05, 0.1) is 11.9 Å². The molecule has 0 bridgehead atoms. The van der Waals surface area contributed by atoms with Crippen LogP contribution in [-0.4, -0.2) is 61.4 Å². The first kappa shape index (κ1) is 52.6. The molecule has 0 heterocycles. The summed E-state index contributed by atoms with van der Waals surface area (Å²) in [7, 11) is 5.97. The van der Waals surface area contributed by atoms with Crippen molar-refractivity contribution < 1.29 is 19.8 Å². The van der Waals surface area contributed by atoms with Crippen LogP contribution < -0.4 is 10.2 Å². The first-order chi connectivity index (χ1) is 23.4. The second kappa shape index (κ2) is 37.8. The maximum atomic E-state index is 10.3. The fourth-order valence-electron chi connectivity index (χ4n) is 6.21. The molecule has 2 aliphatic carbocycles. The van der Waals surface area contributed by atoms with Gasteiger partial charge in [0.1, 0.15) is 0 Å². The van der Waals surface area contributed by atoms with Crippen LogP contribution in [0.4, 0.5) is 0 Å². The number of carboxylic acids is 2. The van der Waals surface area contributed by atoms with Crippen LogP contribution in [0.25, 0.3) is 0 Å². The van der Waals surface area contributed by atoms with E-state index in [0.717, 1.165) is 45.4 Å². The second-order valence-corrected chi connectivity index (χ2v) is 30.9. The van der Waals surface area contributed by atoms with E-state index in [1.54, 1.807) is 8.87 Å². The fraction of sp³-hybridized carbons (Fsp3) is 0.950. The molecular formula is C40H78O4S3Sn2. The van der Waals surface area contributed by atoms with Crippen LogP contribution in [0.1, 0.15) is 196 Å². The Balaban J connectivity index is 0. The number of unbranched alkanes of at least 4 members (excludes halogenated alkanes) is 6. The Labute approximate surface area is 337 Å². The molecule has 0 amide bonds. The van der Waals surface area contributed by atoms with Crippen molar-refractivity contribution in [1.82, 2.24) is 0 Å². The zero-order chi connectivity index (χ0) is 37.3.